The molecule has 0 radical (unpaired) electrons. The lowest BCUT2D eigenvalue weighted by Crippen LogP contribution is -2.40. The Morgan fingerprint density at radius 2 is 1.85 bits per heavy atom. The first kappa shape index (κ1) is 14.9. The molecule has 0 spiro atoms. The third kappa shape index (κ3) is 3.74. The number of rotatable bonds is 4. The molecule has 1 heterocycles. The minimum Gasteiger partial charge on any atom is -0.397 e. The molecule has 0 amide bonds. The topological polar surface area (TPSA) is 64.5 Å². The van der Waals surface area contributed by atoms with E-state index in [1.165, 1.54) is 5.56 Å². The predicted octanol–water partition coefficient (Wildman–Crippen LogP) is 2.42. The number of ether oxygens (including phenoxy) is 1. The van der Waals surface area contributed by atoms with Gasteiger partial charge in [0.05, 0.1) is 5.70 Å². The third-order valence-electron chi connectivity index (χ3n) is 3.81. The number of hydrogen-bond donors (Lipinski definition) is 2. The molecule has 1 aliphatic rings. The van der Waals surface area contributed by atoms with Crippen molar-refractivity contribution in [3.8, 4) is 0 Å². The van der Waals surface area contributed by atoms with Gasteiger partial charge in [-0.05, 0) is 29.9 Å². The average Bonchev–Trinajstić information content (AvgIpc) is 2.48. The van der Waals surface area contributed by atoms with Crippen LogP contribution in [-0.2, 0) is 4.74 Å². The van der Waals surface area contributed by atoms with E-state index in [0.717, 1.165) is 31.6 Å². The summed E-state index contributed by atoms with van der Waals surface area (Å²) in [6.07, 6.45) is 3.74. The first-order valence-electron chi connectivity index (χ1n) is 7.26. The summed E-state index contributed by atoms with van der Waals surface area (Å²) in [5.41, 5.74) is 9.17. The monoisotopic (exact) mass is 275 g/mol. The smallest absolute Gasteiger partial charge is 0.0564 e. The molecular formula is C16H25N3O. The number of nitrogens with zero attached hydrogens (tertiary/aromatic N) is 1. The Balaban J connectivity index is 2.04. The van der Waals surface area contributed by atoms with Crippen LogP contribution in [0.3, 0.4) is 0 Å². The van der Waals surface area contributed by atoms with Gasteiger partial charge in [0, 0.05) is 25.5 Å². The summed E-state index contributed by atoms with van der Waals surface area (Å²) in [7, 11) is 0. The number of benzene rings is 1. The van der Waals surface area contributed by atoms with Crippen molar-refractivity contribution in [3.63, 3.8) is 0 Å². The zero-order chi connectivity index (χ0) is 14.5. The van der Waals surface area contributed by atoms with Crippen LogP contribution in [0, 0.1) is 0 Å². The fourth-order valence-corrected chi connectivity index (χ4v) is 2.38. The molecule has 4 N–H and O–H groups in total. The number of nitrogens with two attached hydrogens (primary N) is 2. The molecule has 110 valence electrons. The lowest BCUT2D eigenvalue weighted by molar-refractivity contribution is 0.0495. The first-order chi connectivity index (χ1) is 9.58. The Bertz CT molecular complexity index is 447. The quantitative estimate of drug-likeness (QED) is 0.654. The van der Waals surface area contributed by atoms with Crippen LogP contribution >= 0.6 is 0 Å². The molecule has 2 rings (SSSR count). The molecule has 1 aromatic carbocycles. The van der Waals surface area contributed by atoms with Crippen LogP contribution in [0.5, 0.6) is 0 Å². The van der Waals surface area contributed by atoms with E-state index < -0.39 is 0 Å². The number of hydrogen-bond acceptors (Lipinski definition) is 4. The van der Waals surface area contributed by atoms with E-state index in [0.29, 0.717) is 17.7 Å². The molecule has 0 aliphatic carbocycles. The normalized spacial score (nSPS) is 17.5. The van der Waals surface area contributed by atoms with Crippen molar-refractivity contribution in [2.45, 2.75) is 38.6 Å². The van der Waals surface area contributed by atoms with Crippen LogP contribution in [0.1, 0.15) is 43.7 Å². The first-order valence-corrected chi connectivity index (χ1v) is 7.26. The van der Waals surface area contributed by atoms with Crippen molar-refractivity contribution >= 4 is 5.70 Å². The van der Waals surface area contributed by atoms with Gasteiger partial charge in [0.25, 0.3) is 0 Å². The van der Waals surface area contributed by atoms with E-state index in [1.807, 2.05) is 6.20 Å². The van der Waals surface area contributed by atoms with Crippen molar-refractivity contribution in [3.05, 3.63) is 41.6 Å². The van der Waals surface area contributed by atoms with Crippen LogP contribution in [0.15, 0.2) is 30.5 Å². The van der Waals surface area contributed by atoms with Gasteiger partial charge in [-0.25, -0.2) is 5.84 Å². The van der Waals surface area contributed by atoms with E-state index in [1.54, 1.807) is 5.01 Å². The van der Waals surface area contributed by atoms with Gasteiger partial charge < -0.3 is 15.5 Å². The standard InChI is InChI=1S/C16H25N3O/c1-12(2)13-3-5-14(6-4-13)16(17)11-19(18)15-7-9-20-10-8-15/h3-6,11-12,15H,7-10,17-18H2,1-2H3/b16-11-. The predicted molar refractivity (Wildman–Crippen MR) is 82.6 cm³/mol. The summed E-state index contributed by atoms with van der Waals surface area (Å²) in [6.45, 7) is 5.91. The zero-order valence-electron chi connectivity index (χ0n) is 12.4. The lowest BCUT2D eigenvalue weighted by Gasteiger charge is -2.30. The molecular weight excluding hydrogens is 250 g/mol. The van der Waals surface area contributed by atoms with Gasteiger partial charge in [-0.3, -0.25) is 0 Å². The van der Waals surface area contributed by atoms with E-state index in [9.17, 15) is 0 Å². The molecule has 1 aliphatic heterocycles. The molecule has 4 nitrogen and oxygen atoms in total. The zero-order valence-corrected chi connectivity index (χ0v) is 12.4. The maximum absolute atomic E-state index is 6.14. The molecule has 20 heavy (non-hydrogen) atoms. The highest BCUT2D eigenvalue weighted by molar-refractivity contribution is 5.62. The molecule has 1 saturated heterocycles. The molecule has 0 aromatic heterocycles. The SMILES string of the molecule is CC(C)c1ccc(/C(N)=C/N(N)C2CCOCC2)cc1. The number of hydrazine groups is 1. The summed E-state index contributed by atoms with van der Waals surface area (Å²) < 4.78 is 5.34. The Morgan fingerprint density at radius 3 is 2.40 bits per heavy atom. The van der Waals surface area contributed by atoms with Gasteiger partial charge in [-0.1, -0.05) is 38.1 Å². The van der Waals surface area contributed by atoms with Crippen LogP contribution in [-0.4, -0.2) is 24.3 Å². The van der Waals surface area contributed by atoms with Crippen molar-refractivity contribution < 1.29 is 4.74 Å². The largest absolute Gasteiger partial charge is 0.397 e. The molecule has 0 atom stereocenters. The second-order valence-electron chi connectivity index (χ2n) is 5.65. The molecule has 0 bridgehead atoms. The van der Waals surface area contributed by atoms with E-state index in [4.69, 9.17) is 16.3 Å². The summed E-state index contributed by atoms with van der Waals surface area (Å²) in [4.78, 5) is 0. The fraction of sp³-hybridized carbons (Fsp3) is 0.500. The summed E-state index contributed by atoms with van der Waals surface area (Å²) in [5, 5.41) is 1.73. The van der Waals surface area contributed by atoms with Gasteiger partial charge in [0.15, 0.2) is 0 Å². The molecule has 0 saturated carbocycles. The van der Waals surface area contributed by atoms with Crippen LogP contribution < -0.4 is 11.6 Å². The Morgan fingerprint density at radius 1 is 1.25 bits per heavy atom. The summed E-state index contributed by atoms with van der Waals surface area (Å²) in [6, 6.07) is 8.67. The maximum Gasteiger partial charge on any atom is 0.0564 e. The minimum absolute atomic E-state index is 0.317. The van der Waals surface area contributed by atoms with Gasteiger partial charge in [-0.15, -0.1) is 0 Å². The van der Waals surface area contributed by atoms with Gasteiger partial charge >= 0.3 is 0 Å². The minimum atomic E-state index is 0.317. The maximum atomic E-state index is 6.14. The van der Waals surface area contributed by atoms with E-state index >= 15 is 0 Å². The highest BCUT2D eigenvalue weighted by Crippen LogP contribution is 2.18. The Hall–Kier alpha value is -1.52. The van der Waals surface area contributed by atoms with Gasteiger partial charge in [-0.2, -0.15) is 0 Å². The van der Waals surface area contributed by atoms with Crippen LogP contribution in [0.4, 0.5) is 0 Å². The van der Waals surface area contributed by atoms with Crippen molar-refractivity contribution in [1.82, 2.24) is 5.01 Å². The second-order valence-corrected chi connectivity index (χ2v) is 5.65. The van der Waals surface area contributed by atoms with Gasteiger partial charge in [0.1, 0.15) is 0 Å². The van der Waals surface area contributed by atoms with Crippen molar-refractivity contribution in [1.29, 1.82) is 0 Å². The lowest BCUT2D eigenvalue weighted by atomic mass is 10.0. The molecule has 0 unspecified atom stereocenters. The van der Waals surface area contributed by atoms with Crippen molar-refractivity contribution in [2.24, 2.45) is 11.6 Å². The summed E-state index contributed by atoms with van der Waals surface area (Å²) >= 11 is 0. The Labute approximate surface area is 121 Å². The highest BCUT2D eigenvalue weighted by atomic mass is 16.5. The van der Waals surface area contributed by atoms with Crippen molar-refractivity contribution in [2.75, 3.05) is 13.2 Å². The van der Waals surface area contributed by atoms with E-state index in [2.05, 4.69) is 38.1 Å². The highest BCUT2D eigenvalue weighted by Gasteiger charge is 2.17. The third-order valence-corrected chi connectivity index (χ3v) is 3.81. The van der Waals surface area contributed by atoms with Crippen LogP contribution in [0.25, 0.3) is 5.70 Å². The second kappa shape index (κ2) is 6.77. The van der Waals surface area contributed by atoms with Crippen LogP contribution in [0.2, 0.25) is 0 Å². The fourth-order valence-electron chi connectivity index (χ4n) is 2.38. The molecule has 1 aromatic rings. The van der Waals surface area contributed by atoms with E-state index in [-0.39, 0.29) is 0 Å². The molecule has 4 heteroatoms. The average molecular weight is 275 g/mol. The molecule has 1 fully saturated rings. The summed E-state index contributed by atoms with van der Waals surface area (Å²) in [5.74, 6) is 6.62. The van der Waals surface area contributed by atoms with Gasteiger partial charge in [0.2, 0.25) is 0 Å². The Kier molecular flexibility index (Phi) is 5.04.